The van der Waals surface area contributed by atoms with Crippen LogP contribution in [0, 0.1) is 13.8 Å². The van der Waals surface area contributed by atoms with Crippen LogP contribution in [0.4, 0.5) is 11.6 Å². The molecule has 8 nitrogen and oxygen atoms in total. The molecule has 1 saturated heterocycles. The van der Waals surface area contributed by atoms with Crippen LogP contribution in [0.3, 0.4) is 0 Å². The van der Waals surface area contributed by atoms with Crippen LogP contribution in [0.25, 0.3) is 5.82 Å². The molecule has 0 aromatic carbocycles. The van der Waals surface area contributed by atoms with Gasteiger partial charge in [-0.15, -0.1) is 0 Å². The lowest BCUT2D eigenvalue weighted by molar-refractivity contribution is 0.637. The summed E-state index contributed by atoms with van der Waals surface area (Å²) in [7, 11) is 0. The Kier molecular flexibility index (Phi) is 4.01. The number of hydrogen-bond acceptors (Lipinski definition) is 7. The molecule has 0 aliphatic carbocycles. The van der Waals surface area contributed by atoms with Crippen LogP contribution in [0.5, 0.6) is 0 Å². The lowest BCUT2D eigenvalue weighted by atomic mass is 10.2. The topological polar surface area (TPSA) is 75.9 Å². The Hall–Kier alpha value is -3.03. The second-order valence-electron chi connectivity index (χ2n) is 6.07. The number of hydrogen-bond donors (Lipinski definition) is 0. The summed E-state index contributed by atoms with van der Waals surface area (Å²) in [6, 6.07) is 3.86. The van der Waals surface area contributed by atoms with E-state index in [1.54, 1.807) is 23.5 Å². The van der Waals surface area contributed by atoms with Crippen molar-refractivity contribution in [3.8, 4) is 5.82 Å². The molecular weight excluding hydrogens is 316 g/mol. The molecule has 1 aliphatic heterocycles. The van der Waals surface area contributed by atoms with Gasteiger partial charge in [0.1, 0.15) is 24.3 Å². The van der Waals surface area contributed by atoms with E-state index < -0.39 is 0 Å². The molecule has 25 heavy (non-hydrogen) atoms. The monoisotopic (exact) mass is 336 g/mol. The van der Waals surface area contributed by atoms with Crippen LogP contribution >= 0.6 is 0 Å². The molecule has 4 rings (SSSR count). The molecule has 3 aromatic heterocycles. The molecule has 0 spiro atoms. The molecule has 1 aliphatic rings. The van der Waals surface area contributed by atoms with Crippen molar-refractivity contribution in [2.24, 2.45) is 0 Å². The fraction of sp³-hybridized carbons (Fsp3) is 0.353. The van der Waals surface area contributed by atoms with Gasteiger partial charge in [-0.25, -0.2) is 24.6 Å². The predicted molar refractivity (Wildman–Crippen MR) is 95.1 cm³/mol. The van der Waals surface area contributed by atoms with Gasteiger partial charge in [0.05, 0.1) is 0 Å². The Balaban J connectivity index is 1.49. The van der Waals surface area contributed by atoms with Gasteiger partial charge in [0.25, 0.3) is 0 Å². The normalized spacial score (nSPS) is 14.8. The second kappa shape index (κ2) is 6.46. The molecule has 4 heterocycles. The van der Waals surface area contributed by atoms with Gasteiger partial charge in [-0.2, -0.15) is 5.10 Å². The maximum atomic E-state index is 4.47. The molecule has 0 atom stereocenters. The van der Waals surface area contributed by atoms with Crippen molar-refractivity contribution < 1.29 is 0 Å². The Bertz CT molecular complexity index is 853. The minimum Gasteiger partial charge on any atom is -0.353 e. The smallest absolute Gasteiger partial charge is 0.158 e. The zero-order valence-electron chi connectivity index (χ0n) is 14.4. The zero-order chi connectivity index (χ0) is 17.2. The summed E-state index contributed by atoms with van der Waals surface area (Å²) in [5, 5.41) is 4.23. The highest BCUT2D eigenvalue weighted by Gasteiger charge is 2.21. The van der Waals surface area contributed by atoms with Gasteiger partial charge in [0, 0.05) is 55.9 Å². The number of anilines is 2. The quantitative estimate of drug-likeness (QED) is 0.715. The van der Waals surface area contributed by atoms with Gasteiger partial charge in [-0.1, -0.05) is 0 Å². The van der Waals surface area contributed by atoms with E-state index in [-0.39, 0.29) is 0 Å². The molecule has 128 valence electrons. The van der Waals surface area contributed by atoms with Gasteiger partial charge in [-0.3, -0.25) is 0 Å². The molecular formula is C17H20N8. The largest absolute Gasteiger partial charge is 0.353 e. The molecule has 0 amide bonds. The van der Waals surface area contributed by atoms with Crippen molar-refractivity contribution in [1.29, 1.82) is 0 Å². The fourth-order valence-corrected chi connectivity index (χ4v) is 3.03. The van der Waals surface area contributed by atoms with E-state index in [0.29, 0.717) is 0 Å². The highest BCUT2D eigenvalue weighted by molar-refractivity contribution is 5.50. The summed E-state index contributed by atoms with van der Waals surface area (Å²) in [5.74, 6) is 2.74. The van der Waals surface area contributed by atoms with Crippen LogP contribution in [-0.4, -0.2) is 55.9 Å². The average Bonchev–Trinajstić information content (AvgIpc) is 3.19. The Labute approximate surface area is 146 Å². The van der Waals surface area contributed by atoms with Crippen molar-refractivity contribution in [3.05, 3.63) is 48.4 Å². The van der Waals surface area contributed by atoms with Crippen LogP contribution in [0.1, 0.15) is 11.3 Å². The number of piperazine rings is 1. The van der Waals surface area contributed by atoms with Crippen molar-refractivity contribution in [2.45, 2.75) is 13.8 Å². The Morgan fingerprint density at radius 2 is 1.56 bits per heavy atom. The van der Waals surface area contributed by atoms with E-state index in [0.717, 1.165) is 54.9 Å². The highest BCUT2D eigenvalue weighted by Crippen LogP contribution is 2.22. The van der Waals surface area contributed by atoms with E-state index in [1.165, 1.54) is 0 Å². The number of nitrogens with zero attached hydrogens (tertiary/aromatic N) is 8. The maximum Gasteiger partial charge on any atom is 0.158 e. The Morgan fingerprint density at radius 3 is 2.32 bits per heavy atom. The van der Waals surface area contributed by atoms with Gasteiger partial charge in [0.15, 0.2) is 5.82 Å². The zero-order valence-corrected chi connectivity index (χ0v) is 14.4. The second-order valence-corrected chi connectivity index (χ2v) is 6.07. The van der Waals surface area contributed by atoms with E-state index in [2.05, 4.69) is 41.8 Å². The van der Waals surface area contributed by atoms with Crippen molar-refractivity contribution in [1.82, 2.24) is 29.7 Å². The molecule has 0 unspecified atom stereocenters. The molecule has 3 aromatic rings. The van der Waals surface area contributed by atoms with Gasteiger partial charge in [-0.05, 0) is 19.9 Å². The predicted octanol–water partition coefficient (Wildman–Crippen LogP) is 1.40. The first kappa shape index (κ1) is 15.5. The highest BCUT2D eigenvalue weighted by atomic mass is 15.3. The molecule has 1 fully saturated rings. The number of rotatable bonds is 3. The molecule has 0 N–H and O–H groups in total. The van der Waals surface area contributed by atoms with E-state index in [4.69, 9.17) is 0 Å². The maximum absolute atomic E-state index is 4.47. The SMILES string of the molecule is Cc1ncnc(N2CCN(c3cc(-n4cccn4)ncn3)CC2)c1C. The lowest BCUT2D eigenvalue weighted by Crippen LogP contribution is -2.47. The first-order chi connectivity index (χ1) is 12.2. The van der Waals surface area contributed by atoms with Crippen molar-refractivity contribution >= 4 is 11.6 Å². The standard InChI is InChI=1S/C17H20N8/c1-13-14(2)18-11-21-17(13)24-8-6-23(7-9-24)15-10-16(20-12-19-15)25-5-3-4-22-25/h3-5,10-12H,6-9H2,1-2H3. The van der Waals surface area contributed by atoms with Crippen LogP contribution in [0.2, 0.25) is 0 Å². The lowest BCUT2D eigenvalue weighted by Gasteiger charge is -2.36. The molecule has 0 saturated carbocycles. The van der Waals surface area contributed by atoms with Crippen LogP contribution < -0.4 is 9.80 Å². The summed E-state index contributed by atoms with van der Waals surface area (Å²) < 4.78 is 1.74. The van der Waals surface area contributed by atoms with Gasteiger partial charge >= 0.3 is 0 Å². The molecule has 0 bridgehead atoms. The number of aromatic nitrogens is 6. The van der Waals surface area contributed by atoms with Gasteiger partial charge in [0.2, 0.25) is 0 Å². The van der Waals surface area contributed by atoms with Crippen molar-refractivity contribution in [3.63, 3.8) is 0 Å². The summed E-state index contributed by atoms with van der Waals surface area (Å²) >= 11 is 0. The van der Waals surface area contributed by atoms with E-state index in [9.17, 15) is 0 Å². The number of aryl methyl sites for hydroxylation is 1. The minimum absolute atomic E-state index is 0.777. The fourth-order valence-electron chi connectivity index (χ4n) is 3.03. The van der Waals surface area contributed by atoms with Crippen molar-refractivity contribution in [2.75, 3.05) is 36.0 Å². The summed E-state index contributed by atoms with van der Waals surface area (Å²) in [4.78, 5) is 22.0. The minimum atomic E-state index is 0.777. The third kappa shape index (κ3) is 3.02. The average molecular weight is 336 g/mol. The Morgan fingerprint density at radius 1 is 0.840 bits per heavy atom. The molecule has 0 radical (unpaired) electrons. The molecule has 8 heteroatoms. The van der Waals surface area contributed by atoms with Gasteiger partial charge < -0.3 is 9.80 Å². The summed E-state index contributed by atoms with van der Waals surface area (Å²) in [5.41, 5.74) is 2.19. The van der Waals surface area contributed by atoms with E-state index in [1.807, 2.05) is 25.3 Å². The van der Waals surface area contributed by atoms with Crippen LogP contribution in [0.15, 0.2) is 37.2 Å². The first-order valence-electron chi connectivity index (χ1n) is 8.32. The van der Waals surface area contributed by atoms with E-state index >= 15 is 0 Å². The third-order valence-corrected chi connectivity index (χ3v) is 4.59. The first-order valence-corrected chi connectivity index (χ1v) is 8.32. The summed E-state index contributed by atoms with van der Waals surface area (Å²) in [6.45, 7) is 7.68. The third-order valence-electron chi connectivity index (χ3n) is 4.59. The summed E-state index contributed by atoms with van der Waals surface area (Å²) in [6.07, 6.45) is 6.86. The van der Waals surface area contributed by atoms with Crippen LogP contribution in [-0.2, 0) is 0 Å².